The summed E-state index contributed by atoms with van der Waals surface area (Å²) in [6, 6.07) is 4.04. The van der Waals surface area contributed by atoms with Crippen LogP contribution < -0.4 is 15.2 Å². The van der Waals surface area contributed by atoms with E-state index < -0.39 is 0 Å². The molecule has 0 bridgehead atoms. The first-order valence-electron chi connectivity index (χ1n) is 5.39. The van der Waals surface area contributed by atoms with Crippen molar-refractivity contribution in [1.29, 1.82) is 0 Å². The Hall–Kier alpha value is -1.22. The SMILES string of the molecule is Cc1ccc2c(c1C1(N)CC1)OCCO2. The molecule has 15 heavy (non-hydrogen) atoms. The van der Waals surface area contributed by atoms with Gasteiger partial charge in [0.25, 0.3) is 0 Å². The summed E-state index contributed by atoms with van der Waals surface area (Å²) in [7, 11) is 0. The average molecular weight is 205 g/mol. The van der Waals surface area contributed by atoms with Gasteiger partial charge in [0.05, 0.1) is 0 Å². The lowest BCUT2D eigenvalue weighted by Crippen LogP contribution is -2.24. The fourth-order valence-corrected chi connectivity index (χ4v) is 2.22. The minimum atomic E-state index is -0.157. The molecule has 1 aliphatic heterocycles. The number of ether oxygens (including phenoxy) is 2. The highest BCUT2D eigenvalue weighted by Gasteiger charge is 2.44. The lowest BCUT2D eigenvalue weighted by molar-refractivity contribution is 0.168. The normalized spacial score (nSPS) is 21.2. The van der Waals surface area contributed by atoms with E-state index in [0.29, 0.717) is 13.2 Å². The monoisotopic (exact) mass is 205 g/mol. The second kappa shape index (κ2) is 2.89. The van der Waals surface area contributed by atoms with Gasteiger partial charge in [-0.1, -0.05) is 6.07 Å². The Bertz CT molecular complexity index is 410. The maximum absolute atomic E-state index is 6.26. The predicted octanol–water partition coefficient (Wildman–Crippen LogP) is 1.71. The van der Waals surface area contributed by atoms with Crippen molar-refractivity contribution in [2.75, 3.05) is 13.2 Å². The van der Waals surface area contributed by atoms with Gasteiger partial charge in [-0.2, -0.15) is 0 Å². The van der Waals surface area contributed by atoms with Crippen molar-refractivity contribution in [2.24, 2.45) is 5.73 Å². The molecule has 1 heterocycles. The number of benzene rings is 1. The Kier molecular flexibility index (Phi) is 1.74. The lowest BCUT2D eigenvalue weighted by Gasteiger charge is -2.25. The van der Waals surface area contributed by atoms with Crippen LogP contribution in [-0.2, 0) is 5.54 Å². The van der Waals surface area contributed by atoms with Crippen LogP contribution in [0.4, 0.5) is 0 Å². The minimum absolute atomic E-state index is 0.157. The van der Waals surface area contributed by atoms with E-state index in [2.05, 4.69) is 13.0 Å². The van der Waals surface area contributed by atoms with Crippen molar-refractivity contribution in [2.45, 2.75) is 25.3 Å². The third kappa shape index (κ3) is 1.30. The molecule has 0 atom stereocenters. The Balaban J connectivity index is 2.18. The van der Waals surface area contributed by atoms with Crippen LogP contribution in [0.3, 0.4) is 0 Å². The zero-order valence-corrected chi connectivity index (χ0v) is 8.88. The molecule has 0 amide bonds. The Morgan fingerprint density at radius 3 is 2.67 bits per heavy atom. The van der Waals surface area contributed by atoms with E-state index in [-0.39, 0.29) is 5.54 Å². The Morgan fingerprint density at radius 1 is 1.20 bits per heavy atom. The van der Waals surface area contributed by atoms with Crippen molar-refractivity contribution in [3.8, 4) is 11.5 Å². The van der Waals surface area contributed by atoms with Crippen LogP contribution >= 0.6 is 0 Å². The first-order chi connectivity index (χ1) is 7.21. The highest BCUT2D eigenvalue weighted by Crippen LogP contribution is 2.51. The van der Waals surface area contributed by atoms with Crippen LogP contribution in [-0.4, -0.2) is 13.2 Å². The minimum Gasteiger partial charge on any atom is -0.486 e. The van der Waals surface area contributed by atoms with E-state index in [1.165, 1.54) is 5.56 Å². The predicted molar refractivity (Wildman–Crippen MR) is 57.3 cm³/mol. The van der Waals surface area contributed by atoms with E-state index in [4.69, 9.17) is 15.2 Å². The summed E-state index contributed by atoms with van der Waals surface area (Å²) < 4.78 is 11.3. The van der Waals surface area contributed by atoms with Gasteiger partial charge in [0.2, 0.25) is 0 Å². The molecule has 0 radical (unpaired) electrons. The molecule has 1 aromatic rings. The molecule has 1 aromatic carbocycles. The van der Waals surface area contributed by atoms with Gasteiger partial charge in [-0.3, -0.25) is 0 Å². The van der Waals surface area contributed by atoms with E-state index >= 15 is 0 Å². The Labute approximate surface area is 89.2 Å². The molecule has 2 aliphatic rings. The van der Waals surface area contributed by atoms with Gasteiger partial charge in [0, 0.05) is 11.1 Å². The fraction of sp³-hybridized carbons (Fsp3) is 0.500. The van der Waals surface area contributed by atoms with Crippen molar-refractivity contribution < 1.29 is 9.47 Å². The summed E-state index contributed by atoms with van der Waals surface area (Å²) in [6.45, 7) is 3.34. The molecule has 1 saturated carbocycles. The maximum atomic E-state index is 6.26. The van der Waals surface area contributed by atoms with Crippen LogP contribution in [0.15, 0.2) is 12.1 Å². The summed E-state index contributed by atoms with van der Waals surface area (Å²) in [6.07, 6.45) is 2.10. The Morgan fingerprint density at radius 2 is 1.93 bits per heavy atom. The smallest absolute Gasteiger partial charge is 0.166 e. The van der Waals surface area contributed by atoms with Crippen LogP contribution in [0.25, 0.3) is 0 Å². The summed E-state index contributed by atoms with van der Waals surface area (Å²) in [5.74, 6) is 1.72. The van der Waals surface area contributed by atoms with Crippen molar-refractivity contribution >= 4 is 0 Å². The molecule has 1 fully saturated rings. The van der Waals surface area contributed by atoms with E-state index in [1.54, 1.807) is 0 Å². The van der Waals surface area contributed by atoms with Gasteiger partial charge in [0.15, 0.2) is 11.5 Å². The average Bonchev–Trinajstić information content (AvgIpc) is 2.97. The van der Waals surface area contributed by atoms with Crippen LogP contribution in [0.2, 0.25) is 0 Å². The molecule has 2 N–H and O–H groups in total. The largest absolute Gasteiger partial charge is 0.486 e. The number of aryl methyl sites for hydroxylation is 1. The first kappa shape index (κ1) is 9.04. The summed E-state index contributed by atoms with van der Waals surface area (Å²) in [4.78, 5) is 0. The van der Waals surface area contributed by atoms with Gasteiger partial charge in [-0.15, -0.1) is 0 Å². The van der Waals surface area contributed by atoms with E-state index in [9.17, 15) is 0 Å². The standard InChI is InChI=1S/C12H15NO2/c1-8-2-3-9-11(15-7-6-14-9)10(8)12(13)4-5-12/h2-3H,4-7,13H2,1H3. The highest BCUT2D eigenvalue weighted by molar-refractivity contribution is 5.55. The van der Waals surface area contributed by atoms with E-state index in [1.807, 2.05) is 6.07 Å². The third-order valence-corrected chi connectivity index (χ3v) is 3.20. The lowest BCUT2D eigenvalue weighted by atomic mass is 9.98. The van der Waals surface area contributed by atoms with Crippen LogP contribution in [0, 0.1) is 6.92 Å². The number of rotatable bonds is 1. The second-order valence-electron chi connectivity index (χ2n) is 4.44. The fourth-order valence-electron chi connectivity index (χ4n) is 2.22. The maximum Gasteiger partial charge on any atom is 0.166 e. The van der Waals surface area contributed by atoms with Crippen molar-refractivity contribution in [3.63, 3.8) is 0 Å². The third-order valence-electron chi connectivity index (χ3n) is 3.20. The van der Waals surface area contributed by atoms with Gasteiger partial charge >= 0.3 is 0 Å². The summed E-state index contributed by atoms with van der Waals surface area (Å²) in [5, 5.41) is 0. The molecular weight excluding hydrogens is 190 g/mol. The molecule has 0 spiro atoms. The first-order valence-corrected chi connectivity index (χ1v) is 5.39. The highest BCUT2D eigenvalue weighted by atomic mass is 16.6. The zero-order chi connectivity index (χ0) is 10.5. The molecular formula is C12H15NO2. The van der Waals surface area contributed by atoms with Crippen LogP contribution in [0.1, 0.15) is 24.0 Å². The molecule has 0 unspecified atom stereocenters. The topological polar surface area (TPSA) is 44.5 Å². The van der Waals surface area contributed by atoms with Crippen molar-refractivity contribution in [3.05, 3.63) is 23.3 Å². The molecule has 80 valence electrons. The number of nitrogens with two attached hydrogens (primary N) is 1. The second-order valence-corrected chi connectivity index (χ2v) is 4.44. The molecule has 0 aromatic heterocycles. The number of hydrogen-bond donors (Lipinski definition) is 1. The summed E-state index contributed by atoms with van der Waals surface area (Å²) in [5.41, 5.74) is 8.46. The summed E-state index contributed by atoms with van der Waals surface area (Å²) >= 11 is 0. The van der Waals surface area contributed by atoms with Gasteiger partial charge in [0.1, 0.15) is 13.2 Å². The number of fused-ring (bicyclic) bond motifs is 1. The molecule has 3 nitrogen and oxygen atoms in total. The number of hydrogen-bond acceptors (Lipinski definition) is 3. The molecule has 1 aliphatic carbocycles. The quantitative estimate of drug-likeness (QED) is 0.759. The zero-order valence-electron chi connectivity index (χ0n) is 8.88. The molecule has 3 heteroatoms. The van der Waals surface area contributed by atoms with E-state index in [0.717, 1.165) is 29.9 Å². The van der Waals surface area contributed by atoms with Gasteiger partial charge in [-0.05, 0) is 31.4 Å². The van der Waals surface area contributed by atoms with Gasteiger partial charge in [-0.25, -0.2) is 0 Å². The van der Waals surface area contributed by atoms with Gasteiger partial charge < -0.3 is 15.2 Å². The van der Waals surface area contributed by atoms with Crippen LogP contribution in [0.5, 0.6) is 11.5 Å². The molecule has 3 rings (SSSR count). The van der Waals surface area contributed by atoms with Crippen molar-refractivity contribution in [1.82, 2.24) is 0 Å². The molecule has 0 saturated heterocycles.